The fraction of sp³-hybridized carbons (Fsp3) is 0.931. The molecule has 0 amide bonds. The lowest BCUT2D eigenvalue weighted by molar-refractivity contribution is 0.430. The zero-order chi connectivity index (χ0) is 21.3. The van der Waals surface area contributed by atoms with E-state index in [0.29, 0.717) is 0 Å². The summed E-state index contributed by atoms with van der Waals surface area (Å²) in [5.41, 5.74) is 0. The van der Waals surface area contributed by atoms with E-state index in [1.54, 1.807) is 0 Å². The second-order valence-electron chi connectivity index (χ2n) is 9.81. The van der Waals surface area contributed by atoms with Crippen LogP contribution in [0.4, 0.5) is 0 Å². The molecule has 0 bridgehead atoms. The normalized spacial score (nSPS) is 12.5. The molecule has 0 nitrogen and oxygen atoms in total. The molecule has 0 aromatic carbocycles. The van der Waals surface area contributed by atoms with Crippen LogP contribution in [0.1, 0.15) is 167 Å². The molecule has 0 heteroatoms. The van der Waals surface area contributed by atoms with Crippen LogP contribution in [0.3, 0.4) is 0 Å². The Labute approximate surface area is 187 Å². The van der Waals surface area contributed by atoms with Crippen LogP contribution in [0.2, 0.25) is 0 Å². The average Bonchev–Trinajstić information content (AvgIpc) is 2.72. The minimum absolute atomic E-state index is 0.957. The molecule has 0 aliphatic rings. The van der Waals surface area contributed by atoms with Crippen LogP contribution < -0.4 is 0 Å². The number of unbranched alkanes of at least 4 members (excludes halogenated alkanes) is 21. The van der Waals surface area contributed by atoms with E-state index in [4.69, 9.17) is 0 Å². The third kappa shape index (κ3) is 26.0. The SMILES string of the molecule is [CH2]CCCCCCCCCCCCCCCCCC(C)CCCCCCCC[CH2]. The molecular formula is C29H58. The molecule has 29 heavy (non-hydrogen) atoms. The lowest BCUT2D eigenvalue weighted by Crippen LogP contribution is -1.95. The number of hydrogen-bond donors (Lipinski definition) is 0. The maximum absolute atomic E-state index is 3.92. The predicted octanol–water partition coefficient (Wildman–Crippen LogP) is 11.0. The first-order valence-electron chi connectivity index (χ1n) is 13.9. The van der Waals surface area contributed by atoms with Crippen molar-refractivity contribution in [2.45, 2.75) is 167 Å². The molecule has 1 unspecified atom stereocenters. The zero-order valence-corrected chi connectivity index (χ0v) is 20.7. The third-order valence-corrected chi connectivity index (χ3v) is 6.64. The van der Waals surface area contributed by atoms with Gasteiger partial charge in [0.1, 0.15) is 0 Å². The van der Waals surface area contributed by atoms with Crippen molar-refractivity contribution >= 4 is 0 Å². The number of rotatable bonds is 25. The Morgan fingerprint density at radius 1 is 0.345 bits per heavy atom. The second kappa shape index (κ2) is 26.0. The molecular weight excluding hydrogens is 348 g/mol. The van der Waals surface area contributed by atoms with Crippen molar-refractivity contribution in [1.29, 1.82) is 0 Å². The molecule has 0 aromatic heterocycles. The first-order valence-corrected chi connectivity index (χ1v) is 13.9. The summed E-state index contributed by atoms with van der Waals surface area (Å²) in [4.78, 5) is 0. The van der Waals surface area contributed by atoms with Crippen LogP contribution in [-0.4, -0.2) is 0 Å². The summed E-state index contributed by atoms with van der Waals surface area (Å²) in [5, 5.41) is 0. The van der Waals surface area contributed by atoms with Gasteiger partial charge in [0.2, 0.25) is 0 Å². The molecule has 0 aliphatic heterocycles. The molecule has 2 radical (unpaired) electrons. The lowest BCUT2D eigenvalue weighted by Gasteiger charge is -2.11. The fourth-order valence-electron chi connectivity index (χ4n) is 4.49. The maximum Gasteiger partial charge on any atom is -0.0443 e. The molecule has 0 aromatic rings. The summed E-state index contributed by atoms with van der Waals surface area (Å²) in [6.45, 7) is 10.3. The van der Waals surface area contributed by atoms with Crippen LogP contribution in [0.25, 0.3) is 0 Å². The zero-order valence-electron chi connectivity index (χ0n) is 20.7. The Hall–Kier alpha value is 0. The molecule has 0 rings (SSSR count). The summed E-state index contributed by atoms with van der Waals surface area (Å²) in [7, 11) is 0. The van der Waals surface area contributed by atoms with Crippen LogP contribution in [0.5, 0.6) is 0 Å². The summed E-state index contributed by atoms with van der Waals surface area (Å²) in [5.74, 6) is 0.957. The van der Waals surface area contributed by atoms with Gasteiger partial charge in [-0.2, -0.15) is 0 Å². The Morgan fingerprint density at radius 2 is 0.552 bits per heavy atom. The molecule has 0 aliphatic carbocycles. The predicted molar refractivity (Wildman–Crippen MR) is 135 cm³/mol. The van der Waals surface area contributed by atoms with E-state index in [1.165, 1.54) is 148 Å². The van der Waals surface area contributed by atoms with Gasteiger partial charge in [0.15, 0.2) is 0 Å². The van der Waals surface area contributed by atoms with Gasteiger partial charge in [0.25, 0.3) is 0 Å². The Bertz CT molecular complexity index is 269. The van der Waals surface area contributed by atoms with E-state index < -0.39 is 0 Å². The van der Waals surface area contributed by atoms with Crippen molar-refractivity contribution in [3.05, 3.63) is 13.8 Å². The molecule has 0 spiro atoms. The Kier molecular flexibility index (Phi) is 26.0. The van der Waals surface area contributed by atoms with E-state index in [0.717, 1.165) is 18.8 Å². The van der Waals surface area contributed by atoms with Crippen molar-refractivity contribution in [3.63, 3.8) is 0 Å². The average molecular weight is 407 g/mol. The molecule has 0 heterocycles. The van der Waals surface area contributed by atoms with E-state index in [1.807, 2.05) is 0 Å². The van der Waals surface area contributed by atoms with Crippen molar-refractivity contribution in [3.8, 4) is 0 Å². The Balaban J connectivity index is 3.10. The van der Waals surface area contributed by atoms with E-state index >= 15 is 0 Å². The molecule has 0 N–H and O–H groups in total. The first-order chi connectivity index (χ1) is 14.3. The van der Waals surface area contributed by atoms with E-state index in [2.05, 4.69) is 20.8 Å². The summed E-state index contributed by atoms with van der Waals surface area (Å²) in [6, 6.07) is 0. The van der Waals surface area contributed by atoms with Gasteiger partial charge in [0, 0.05) is 0 Å². The highest BCUT2D eigenvalue weighted by Gasteiger charge is 2.02. The van der Waals surface area contributed by atoms with E-state index in [9.17, 15) is 0 Å². The van der Waals surface area contributed by atoms with Crippen LogP contribution >= 0.6 is 0 Å². The summed E-state index contributed by atoms with van der Waals surface area (Å²) in [6.07, 6.45) is 35.6. The summed E-state index contributed by atoms with van der Waals surface area (Å²) < 4.78 is 0. The molecule has 174 valence electrons. The highest BCUT2D eigenvalue weighted by molar-refractivity contribution is 4.56. The molecule has 0 fully saturated rings. The lowest BCUT2D eigenvalue weighted by atomic mass is 9.95. The van der Waals surface area contributed by atoms with E-state index in [-0.39, 0.29) is 0 Å². The largest absolute Gasteiger partial charge is 0.0625 e. The van der Waals surface area contributed by atoms with Crippen LogP contribution in [-0.2, 0) is 0 Å². The highest BCUT2D eigenvalue weighted by Crippen LogP contribution is 2.19. The van der Waals surface area contributed by atoms with Gasteiger partial charge in [-0.1, -0.05) is 181 Å². The van der Waals surface area contributed by atoms with Gasteiger partial charge in [-0.25, -0.2) is 0 Å². The quantitative estimate of drug-likeness (QED) is 0.132. The van der Waals surface area contributed by atoms with Crippen LogP contribution in [0.15, 0.2) is 0 Å². The van der Waals surface area contributed by atoms with Crippen molar-refractivity contribution in [2.75, 3.05) is 0 Å². The molecule has 0 saturated heterocycles. The maximum atomic E-state index is 3.92. The van der Waals surface area contributed by atoms with Crippen molar-refractivity contribution in [2.24, 2.45) is 5.92 Å². The molecule has 0 saturated carbocycles. The van der Waals surface area contributed by atoms with Crippen molar-refractivity contribution in [1.82, 2.24) is 0 Å². The van der Waals surface area contributed by atoms with Gasteiger partial charge >= 0.3 is 0 Å². The highest BCUT2D eigenvalue weighted by atomic mass is 14.1. The van der Waals surface area contributed by atoms with Gasteiger partial charge in [-0.15, -0.1) is 0 Å². The number of hydrogen-bond acceptors (Lipinski definition) is 0. The second-order valence-corrected chi connectivity index (χ2v) is 9.81. The minimum atomic E-state index is 0.957. The molecule has 1 atom stereocenters. The summed E-state index contributed by atoms with van der Waals surface area (Å²) >= 11 is 0. The fourth-order valence-corrected chi connectivity index (χ4v) is 4.49. The van der Waals surface area contributed by atoms with Gasteiger partial charge in [-0.3, -0.25) is 0 Å². The third-order valence-electron chi connectivity index (χ3n) is 6.64. The van der Waals surface area contributed by atoms with Gasteiger partial charge in [-0.05, 0) is 5.92 Å². The van der Waals surface area contributed by atoms with Gasteiger partial charge in [0.05, 0.1) is 0 Å². The topological polar surface area (TPSA) is 0 Å². The minimum Gasteiger partial charge on any atom is -0.0625 e. The van der Waals surface area contributed by atoms with Gasteiger partial charge < -0.3 is 0 Å². The smallest absolute Gasteiger partial charge is 0.0443 e. The van der Waals surface area contributed by atoms with Crippen molar-refractivity contribution < 1.29 is 0 Å². The van der Waals surface area contributed by atoms with Crippen LogP contribution in [0, 0.1) is 19.8 Å². The Morgan fingerprint density at radius 3 is 0.793 bits per heavy atom. The monoisotopic (exact) mass is 406 g/mol. The first kappa shape index (κ1) is 29.0. The standard InChI is InChI=1S/C29H58/c1-4-6-8-10-12-13-14-15-16-17-18-19-20-22-24-26-28-29(3)27-25-23-21-11-9-7-5-2/h29H,1-2,4-28H2,3H3.